The average molecular weight is 793 g/mol. The van der Waals surface area contributed by atoms with Crippen molar-refractivity contribution in [1.82, 2.24) is 0 Å². The summed E-state index contributed by atoms with van der Waals surface area (Å²) in [6.07, 6.45) is -1.81. The van der Waals surface area contributed by atoms with Crippen molar-refractivity contribution in [3.05, 3.63) is 0 Å². The Hall–Kier alpha value is 2.04. The van der Waals surface area contributed by atoms with Crippen LogP contribution in [0.25, 0.3) is 0 Å². The van der Waals surface area contributed by atoms with Crippen LogP contribution < -0.4 is 0 Å². The van der Waals surface area contributed by atoms with Gasteiger partial charge in [-0.1, -0.05) is 0 Å². The number of hydrogen-bond acceptors (Lipinski definition) is 0. The molecule has 0 unspecified atom stereocenters. The first-order chi connectivity index (χ1) is 18.5. The quantitative estimate of drug-likeness (QED) is 0.249. The Morgan fingerprint density at radius 3 is 0.523 bits per heavy atom. The topological polar surface area (TPSA) is 0 Å². The zero-order valence-corrected chi connectivity index (χ0v) is 44.6. The van der Waals surface area contributed by atoms with Gasteiger partial charge in [0, 0.05) is 0 Å². The molecule has 0 aromatic rings. The van der Waals surface area contributed by atoms with E-state index in [0.29, 0.717) is 40.3 Å². The van der Waals surface area contributed by atoms with Crippen molar-refractivity contribution in [3.63, 3.8) is 0 Å². The van der Waals surface area contributed by atoms with Crippen LogP contribution in [0.5, 0.6) is 0 Å². The van der Waals surface area contributed by atoms with Crippen LogP contribution >= 0.6 is 0 Å². The molecule has 44 heavy (non-hydrogen) atoms. The molecule has 0 spiro atoms. The molecule has 2 heterocycles. The molecule has 0 saturated carbocycles. The van der Waals surface area contributed by atoms with Crippen LogP contribution in [0.1, 0.15) is 166 Å². The molecule has 0 nitrogen and oxygen atoms in total. The molecular weight excluding hydrogens is 708 g/mol. The van der Waals surface area contributed by atoms with E-state index in [1.807, 2.05) is 0 Å². The van der Waals surface area contributed by atoms with Crippen molar-refractivity contribution in [2.24, 2.45) is 0 Å². The summed E-state index contributed by atoms with van der Waals surface area (Å²) in [5.41, 5.74) is 0. The van der Waals surface area contributed by atoms with Gasteiger partial charge in [0.2, 0.25) is 0 Å². The molecule has 2 rings (SSSR count). The molecule has 0 radical (unpaired) electrons. The zero-order chi connectivity index (χ0) is 36.2. The second-order valence-corrected chi connectivity index (χ2v) is 129. The molecule has 0 N–H and O–H groups in total. The Bertz CT molecular complexity index is 987. The summed E-state index contributed by atoms with van der Waals surface area (Å²) in [6, 6.07) is 0. The molecule has 262 valence electrons. The van der Waals surface area contributed by atoms with E-state index in [2.05, 4.69) is 192 Å². The average Bonchev–Trinajstić information content (AvgIpc) is 3.52. The molecule has 2 fully saturated rings. The van der Waals surface area contributed by atoms with E-state index in [4.69, 9.17) is 0 Å². The first-order valence-electron chi connectivity index (χ1n) is 18.2. The van der Waals surface area contributed by atoms with Crippen LogP contribution in [0.2, 0.25) is 66.5 Å². The standard InChI is InChI=1S/C36H84SeSi7/c1-29(2,3)38(25,30(4,5)6)42-37-43(42,39(26,31(7,8)9)32(10,11)12)44(42,40(27,33(13,14)15)34(16,17)18)41(28,35(19,20)21)36(22,23)24/h1-28H3/t42-,43+. The third-order valence-corrected chi connectivity index (χ3v) is 315. The molecule has 2 aliphatic heterocycles. The van der Waals surface area contributed by atoms with E-state index in [9.17, 15) is 0 Å². The predicted octanol–water partition coefficient (Wildman–Crippen LogP) is 13.3. The second-order valence-electron chi connectivity index (χ2n) is 24.7. The summed E-state index contributed by atoms with van der Waals surface area (Å²) < 4.78 is 0. The Morgan fingerprint density at radius 2 is 0.409 bits per heavy atom. The molecule has 0 amide bonds. The van der Waals surface area contributed by atoms with Gasteiger partial charge in [-0.25, -0.2) is 0 Å². The van der Waals surface area contributed by atoms with Crippen LogP contribution in [0.15, 0.2) is 0 Å². The van der Waals surface area contributed by atoms with Gasteiger partial charge in [0.1, 0.15) is 0 Å². The second kappa shape index (κ2) is 10.1. The Balaban J connectivity index is 3.76. The maximum atomic E-state index is 3.16. The van der Waals surface area contributed by atoms with E-state index < -0.39 is 47.0 Å². The van der Waals surface area contributed by atoms with Gasteiger partial charge in [-0.3, -0.25) is 0 Å². The summed E-state index contributed by atoms with van der Waals surface area (Å²) in [5.74, 6) is 0. The van der Waals surface area contributed by atoms with Gasteiger partial charge in [-0.2, -0.15) is 0 Å². The summed E-state index contributed by atoms with van der Waals surface area (Å²) in [6.45, 7) is 79.9. The third-order valence-electron chi connectivity index (χ3n) is 16.7. The molecule has 0 aromatic heterocycles. The molecule has 0 bridgehead atoms. The van der Waals surface area contributed by atoms with Crippen molar-refractivity contribution in [2.45, 2.75) is 233 Å². The van der Waals surface area contributed by atoms with Gasteiger partial charge < -0.3 is 0 Å². The fourth-order valence-corrected chi connectivity index (χ4v) is 733. The fraction of sp³-hybridized carbons (Fsp3) is 1.00. The van der Waals surface area contributed by atoms with Crippen LogP contribution in [0.4, 0.5) is 0 Å². The van der Waals surface area contributed by atoms with Gasteiger partial charge in [0.05, 0.1) is 0 Å². The van der Waals surface area contributed by atoms with Crippen LogP contribution in [-0.4, -0.2) is 60.7 Å². The first kappa shape index (κ1) is 42.2. The normalized spacial score (nSPS) is 26.5. The minimum atomic E-state index is -1.91. The van der Waals surface area contributed by atoms with Crippen molar-refractivity contribution >= 4 is 60.7 Å². The first-order valence-corrected chi connectivity index (χ1v) is 46.1. The molecule has 0 aromatic carbocycles. The van der Waals surface area contributed by atoms with Crippen LogP contribution in [-0.2, 0) is 0 Å². The van der Waals surface area contributed by atoms with E-state index in [-0.39, 0.29) is 0 Å². The molecule has 8 heteroatoms. The van der Waals surface area contributed by atoms with E-state index in [0.717, 1.165) is 13.7 Å². The van der Waals surface area contributed by atoms with Crippen molar-refractivity contribution in [3.8, 4) is 0 Å². The van der Waals surface area contributed by atoms with Crippen molar-refractivity contribution < 1.29 is 0 Å². The summed E-state index contributed by atoms with van der Waals surface area (Å²) in [5, 5.41) is 0.387. The summed E-state index contributed by atoms with van der Waals surface area (Å²) in [7, 11) is -7.38. The maximum absolute atomic E-state index is 3.16. The van der Waals surface area contributed by atoms with Crippen molar-refractivity contribution in [2.75, 3.05) is 0 Å². The minimum absolute atomic E-state index is 0.432. The zero-order valence-electron chi connectivity index (χ0n) is 35.9. The predicted molar refractivity (Wildman–Crippen MR) is 227 cm³/mol. The van der Waals surface area contributed by atoms with Gasteiger partial charge in [0.25, 0.3) is 0 Å². The van der Waals surface area contributed by atoms with E-state index in [1.54, 1.807) is 0 Å². The third kappa shape index (κ3) is 4.22. The fourth-order valence-electron chi connectivity index (χ4n) is 13.2. The Morgan fingerprint density at radius 1 is 0.273 bits per heavy atom. The van der Waals surface area contributed by atoms with E-state index >= 15 is 0 Å². The molecule has 0 aliphatic carbocycles. The van der Waals surface area contributed by atoms with Crippen LogP contribution in [0, 0.1) is 0 Å². The van der Waals surface area contributed by atoms with Crippen LogP contribution in [0.3, 0.4) is 0 Å². The monoisotopic (exact) mass is 792 g/mol. The molecule has 2 aliphatic rings. The van der Waals surface area contributed by atoms with Gasteiger partial charge in [-0.15, -0.1) is 0 Å². The molecular formula is C36H84SeSi7. The van der Waals surface area contributed by atoms with Gasteiger partial charge in [-0.05, 0) is 0 Å². The van der Waals surface area contributed by atoms with Gasteiger partial charge in [0.15, 0.2) is 0 Å². The van der Waals surface area contributed by atoms with Crippen molar-refractivity contribution in [1.29, 1.82) is 0 Å². The molecule has 2 atom stereocenters. The SMILES string of the molecule is CC(C)(C)[Si](C)(C(C)(C)C)[Si]1([Si](C)(C(C)(C)C)C(C)(C)C)[Si@@]2([Si](C)(C(C)(C)C)C(C)(C)C)[Se][Si@@]12[Si](C)(C(C)(C)C)C(C)(C)C. The Labute approximate surface area is 291 Å². The number of hydrogen-bond donors (Lipinski definition) is 0. The summed E-state index contributed by atoms with van der Waals surface area (Å²) >= 11 is 1.02. The van der Waals surface area contributed by atoms with Gasteiger partial charge >= 0.3 is 293 Å². The summed E-state index contributed by atoms with van der Waals surface area (Å²) in [4.78, 5) is 0. The Kier molecular flexibility index (Phi) is 9.68. The number of fused-ring (bicyclic) bond motifs is 1. The number of rotatable bonds is 4. The molecule has 2 saturated heterocycles. The van der Waals surface area contributed by atoms with E-state index in [1.165, 1.54) is 0 Å².